The van der Waals surface area contributed by atoms with Gasteiger partial charge in [0.15, 0.2) is 0 Å². The average Bonchev–Trinajstić information content (AvgIpc) is 2.11. The lowest BCUT2D eigenvalue weighted by atomic mass is 9.98. The summed E-state index contributed by atoms with van der Waals surface area (Å²) in [5.74, 6) is -0.0605. The zero-order valence-electron chi connectivity index (χ0n) is 11.5. The molecule has 2 amide bonds. The van der Waals surface area contributed by atoms with Crippen molar-refractivity contribution in [2.75, 3.05) is 20.1 Å². The van der Waals surface area contributed by atoms with E-state index in [0.29, 0.717) is 13.1 Å². The number of carbonyl (C=O) groups excluding carboxylic acids is 2. The molecule has 1 heterocycles. The van der Waals surface area contributed by atoms with E-state index in [0.717, 1.165) is 0 Å². The number of nitrogens with zero attached hydrogens (tertiary/aromatic N) is 2. The number of hydrogen-bond acceptors (Lipinski definition) is 3. The van der Waals surface area contributed by atoms with Crippen LogP contribution >= 0.6 is 0 Å². The van der Waals surface area contributed by atoms with Gasteiger partial charge in [0.2, 0.25) is 5.91 Å². The van der Waals surface area contributed by atoms with Crippen LogP contribution in [0, 0.1) is 0 Å². The molecule has 1 aliphatic rings. The summed E-state index contributed by atoms with van der Waals surface area (Å²) in [5, 5.41) is 0. The van der Waals surface area contributed by atoms with Crippen LogP contribution in [0.15, 0.2) is 0 Å². The third-order valence-corrected chi connectivity index (χ3v) is 2.82. The summed E-state index contributed by atoms with van der Waals surface area (Å²) < 4.78 is 5.31. The molecule has 0 aromatic heterocycles. The molecular weight excluding hydrogens is 220 g/mol. The SMILES string of the molecule is CN1CCN(C(=O)OC(C)(C)C)C(C)(C)C1=O. The van der Waals surface area contributed by atoms with Gasteiger partial charge in [0.25, 0.3) is 0 Å². The third-order valence-electron chi connectivity index (χ3n) is 2.82. The van der Waals surface area contributed by atoms with Crippen molar-refractivity contribution in [1.29, 1.82) is 0 Å². The Bertz CT molecular complexity index is 331. The summed E-state index contributed by atoms with van der Waals surface area (Å²) in [7, 11) is 1.75. The Labute approximate surface area is 103 Å². The van der Waals surface area contributed by atoms with Gasteiger partial charge in [-0.2, -0.15) is 0 Å². The second-order valence-electron chi connectivity index (χ2n) is 5.92. The highest BCUT2D eigenvalue weighted by atomic mass is 16.6. The largest absolute Gasteiger partial charge is 0.444 e. The Balaban J connectivity index is 2.84. The Kier molecular flexibility index (Phi) is 3.41. The highest BCUT2D eigenvalue weighted by Crippen LogP contribution is 2.24. The van der Waals surface area contributed by atoms with Crippen molar-refractivity contribution >= 4 is 12.0 Å². The Morgan fingerprint density at radius 3 is 2.29 bits per heavy atom. The van der Waals surface area contributed by atoms with Gasteiger partial charge in [-0.05, 0) is 34.6 Å². The van der Waals surface area contributed by atoms with E-state index in [9.17, 15) is 9.59 Å². The normalized spacial score (nSPS) is 20.5. The molecule has 17 heavy (non-hydrogen) atoms. The molecule has 0 radical (unpaired) electrons. The quantitative estimate of drug-likeness (QED) is 0.646. The molecule has 98 valence electrons. The molecule has 0 aromatic carbocycles. The number of likely N-dealkylation sites (N-methyl/N-ethyl adjacent to an activating group) is 1. The van der Waals surface area contributed by atoms with Gasteiger partial charge >= 0.3 is 6.09 Å². The minimum atomic E-state index is -0.838. The van der Waals surface area contributed by atoms with E-state index in [2.05, 4.69) is 0 Å². The van der Waals surface area contributed by atoms with Crippen molar-refractivity contribution in [3.63, 3.8) is 0 Å². The molecule has 0 unspecified atom stereocenters. The van der Waals surface area contributed by atoms with Crippen molar-refractivity contribution in [1.82, 2.24) is 9.80 Å². The van der Waals surface area contributed by atoms with Gasteiger partial charge in [0.05, 0.1) is 0 Å². The summed E-state index contributed by atoms with van der Waals surface area (Å²) in [4.78, 5) is 27.2. The van der Waals surface area contributed by atoms with E-state index in [4.69, 9.17) is 4.74 Å². The molecular formula is C12H22N2O3. The number of hydrogen-bond donors (Lipinski definition) is 0. The first-order valence-electron chi connectivity index (χ1n) is 5.82. The Morgan fingerprint density at radius 1 is 1.29 bits per heavy atom. The maximum Gasteiger partial charge on any atom is 0.411 e. The first-order chi connectivity index (χ1) is 7.55. The molecule has 0 atom stereocenters. The molecule has 1 aliphatic heterocycles. The minimum absolute atomic E-state index is 0.0605. The number of amides is 2. The lowest BCUT2D eigenvalue weighted by molar-refractivity contribution is -0.146. The molecule has 1 saturated heterocycles. The first kappa shape index (κ1) is 13.8. The van der Waals surface area contributed by atoms with Gasteiger partial charge in [-0.1, -0.05) is 0 Å². The fourth-order valence-electron chi connectivity index (χ4n) is 1.85. The fourth-order valence-corrected chi connectivity index (χ4v) is 1.85. The zero-order valence-corrected chi connectivity index (χ0v) is 11.5. The molecule has 0 spiro atoms. The van der Waals surface area contributed by atoms with Crippen LogP contribution in [0.25, 0.3) is 0 Å². The average molecular weight is 242 g/mol. The second kappa shape index (κ2) is 4.20. The predicted molar refractivity (Wildman–Crippen MR) is 64.7 cm³/mol. The van der Waals surface area contributed by atoms with E-state index < -0.39 is 17.2 Å². The van der Waals surface area contributed by atoms with E-state index >= 15 is 0 Å². The van der Waals surface area contributed by atoms with E-state index in [1.165, 1.54) is 4.90 Å². The van der Waals surface area contributed by atoms with Gasteiger partial charge in [0, 0.05) is 20.1 Å². The maximum absolute atomic E-state index is 12.0. The van der Waals surface area contributed by atoms with E-state index in [1.54, 1.807) is 25.8 Å². The van der Waals surface area contributed by atoms with Crippen molar-refractivity contribution in [3.05, 3.63) is 0 Å². The van der Waals surface area contributed by atoms with Gasteiger partial charge in [-0.25, -0.2) is 4.79 Å². The molecule has 0 aliphatic carbocycles. The van der Waals surface area contributed by atoms with Crippen molar-refractivity contribution in [2.45, 2.75) is 45.8 Å². The number of piperazine rings is 1. The summed E-state index contributed by atoms with van der Waals surface area (Å²) in [5.41, 5.74) is -1.38. The van der Waals surface area contributed by atoms with Crippen LogP contribution in [0.2, 0.25) is 0 Å². The van der Waals surface area contributed by atoms with Crippen molar-refractivity contribution in [2.24, 2.45) is 0 Å². The van der Waals surface area contributed by atoms with Crippen LogP contribution in [0.5, 0.6) is 0 Å². The highest BCUT2D eigenvalue weighted by molar-refractivity contribution is 5.90. The third kappa shape index (κ3) is 2.90. The first-order valence-corrected chi connectivity index (χ1v) is 5.82. The van der Waals surface area contributed by atoms with E-state index in [1.807, 2.05) is 20.8 Å². The van der Waals surface area contributed by atoms with Crippen LogP contribution in [0.3, 0.4) is 0 Å². The van der Waals surface area contributed by atoms with Gasteiger partial charge in [0.1, 0.15) is 11.1 Å². The van der Waals surface area contributed by atoms with Crippen LogP contribution < -0.4 is 0 Å². The number of rotatable bonds is 0. The number of carbonyl (C=O) groups is 2. The zero-order chi connectivity index (χ0) is 13.4. The van der Waals surface area contributed by atoms with E-state index in [-0.39, 0.29) is 5.91 Å². The standard InChI is InChI=1S/C12H22N2O3/c1-11(2,3)17-10(16)14-8-7-13(6)9(15)12(14,4)5/h7-8H2,1-6H3. The molecule has 0 aromatic rings. The molecule has 0 saturated carbocycles. The Hall–Kier alpha value is -1.26. The monoisotopic (exact) mass is 242 g/mol. The maximum atomic E-state index is 12.0. The lowest BCUT2D eigenvalue weighted by Crippen LogP contribution is -2.64. The second-order valence-corrected chi connectivity index (χ2v) is 5.92. The smallest absolute Gasteiger partial charge is 0.411 e. The lowest BCUT2D eigenvalue weighted by Gasteiger charge is -2.44. The van der Waals surface area contributed by atoms with Crippen LogP contribution in [-0.2, 0) is 9.53 Å². The molecule has 5 heteroatoms. The predicted octanol–water partition coefficient (Wildman–Crippen LogP) is 1.47. The molecule has 1 fully saturated rings. The van der Waals surface area contributed by atoms with Crippen LogP contribution in [0.4, 0.5) is 4.79 Å². The van der Waals surface area contributed by atoms with Crippen LogP contribution in [-0.4, -0.2) is 53.1 Å². The molecule has 5 nitrogen and oxygen atoms in total. The minimum Gasteiger partial charge on any atom is -0.444 e. The summed E-state index contributed by atoms with van der Waals surface area (Å²) in [6.45, 7) is 9.98. The molecule has 0 N–H and O–H groups in total. The van der Waals surface area contributed by atoms with Gasteiger partial charge in [-0.3, -0.25) is 9.69 Å². The van der Waals surface area contributed by atoms with Crippen molar-refractivity contribution in [3.8, 4) is 0 Å². The molecule has 0 bridgehead atoms. The highest BCUT2D eigenvalue weighted by Gasteiger charge is 2.44. The summed E-state index contributed by atoms with van der Waals surface area (Å²) in [6.07, 6.45) is -0.427. The fraction of sp³-hybridized carbons (Fsp3) is 0.833. The Morgan fingerprint density at radius 2 is 1.82 bits per heavy atom. The van der Waals surface area contributed by atoms with Crippen molar-refractivity contribution < 1.29 is 14.3 Å². The molecule has 1 rings (SSSR count). The van der Waals surface area contributed by atoms with Gasteiger partial charge < -0.3 is 9.64 Å². The topological polar surface area (TPSA) is 49.9 Å². The van der Waals surface area contributed by atoms with Gasteiger partial charge in [-0.15, -0.1) is 0 Å². The summed E-state index contributed by atoms with van der Waals surface area (Å²) >= 11 is 0. The van der Waals surface area contributed by atoms with Crippen LogP contribution in [0.1, 0.15) is 34.6 Å². The summed E-state index contributed by atoms with van der Waals surface area (Å²) in [6, 6.07) is 0. The number of ether oxygens (including phenoxy) is 1.